The van der Waals surface area contributed by atoms with Crippen LogP contribution in [0.5, 0.6) is 5.75 Å². The van der Waals surface area contributed by atoms with Crippen LogP contribution in [0.4, 0.5) is 0 Å². The lowest BCUT2D eigenvalue weighted by molar-refractivity contribution is -0.121. The van der Waals surface area contributed by atoms with Gasteiger partial charge in [-0.1, -0.05) is 48.5 Å². The Morgan fingerprint density at radius 3 is 2.67 bits per heavy atom. The van der Waals surface area contributed by atoms with Crippen molar-refractivity contribution in [1.29, 1.82) is 0 Å². The number of aryl methyl sites for hydroxylation is 1. The number of carbonyl (C=O) groups is 1. The molecule has 0 aliphatic heterocycles. The molecule has 1 heterocycles. The van der Waals surface area contributed by atoms with Crippen LogP contribution in [-0.4, -0.2) is 26.8 Å². The molecule has 150 valence electrons. The Labute approximate surface area is 174 Å². The number of phenolic OH excluding ortho intramolecular Hbond substituents is 1. The van der Waals surface area contributed by atoms with E-state index < -0.39 is 0 Å². The lowest BCUT2D eigenvalue weighted by Gasteiger charge is -2.08. The number of amides is 1. The van der Waals surface area contributed by atoms with E-state index in [4.69, 9.17) is 4.98 Å². The first kappa shape index (κ1) is 19.4. The first-order valence-corrected chi connectivity index (χ1v) is 9.70. The normalized spacial score (nSPS) is 11.2. The number of carbonyl (C=O) groups excluding carboxylic acids is 1. The highest BCUT2D eigenvalue weighted by atomic mass is 16.3. The van der Waals surface area contributed by atoms with Gasteiger partial charge in [0.05, 0.1) is 17.2 Å². The van der Waals surface area contributed by atoms with Crippen LogP contribution >= 0.6 is 0 Å². The number of benzene rings is 3. The van der Waals surface area contributed by atoms with Gasteiger partial charge >= 0.3 is 0 Å². The quantitative estimate of drug-likeness (QED) is 0.383. The van der Waals surface area contributed by atoms with E-state index >= 15 is 0 Å². The summed E-state index contributed by atoms with van der Waals surface area (Å²) in [5.41, 5.74) is 6.91. The summed E-state index contributed by atoms with van der Waals surface area (Å²) in [6.07, 6.45) is 2.06. The molecule has 1 amide bonds. The fourth-order valence-electron chi connectivity index (χ4n) is 3.33. The molecule has 4 rings (SSSR count). The average Bonchev–Trinajstić information content (AvgIpc) is 3.07. The van der Waals surface area contributed by atoms with Gasteiger partial charge in [-0.25, -0.2) is 10.4 Å². The molecule has 0 saturated carbocycles. The first-order chi connectivity index (χ1) is 14.6. The maximum absolute atomic E-state index is 12.6. The lowest BCUT2D eigenvalue weighted by Crippen LogP contribution is -2.24. The second kappa shape index (κ2) is 8.61. The van der Waals surface area contributed by atoms with Crippen molar-refractivity contribution < 1.29 is 9.90 Å². The molecule has 0 fully saturated rings. The van der Waals surface area contributed by atoms with Crippen molar-refractivity contribution in [2.75, 3.05) is 0 Å². The van der Waals surface area contributed by atoms with Crippen molar-refractivity contribution >= 4 is 23.2 Å². The molecule has 0 radical (unpaired) electrons. The number of para-hydroxylation sites is 2. The molecule has 2 N–H and O–H groups in total. The van der Waals surface area contributed by atoms with Gasteiger partial charge in [0.25, 0.3) is 5.91 Å². The van der Waals surface area contributed by atoms with Crippen LogP contribution in [0.3, 0.4) is 0 Å². The smallest absolute Gasteiger partial charge is 0.260 e. The number of aromatic hydroxyl groups is 1. The Morgan fingerprint density at radius 2 is 1.87 bits per heavy atom. The highest BCUT2D eigenvalue weighted by molar-refractivity contribution is 5.86. The highest BCUT2D eigenvalue weighted by Crippen LogP contribution is 2.19. The fourth-order valence-corrected chi connectivity index (χ4v) is 3.33. The van der Waals surface area contributed by atoms with Gasteiger partial charge in [-0.2, -0.15) is 5.10 Å². The molecule has 4 aromatic rings. The van der Waals surface area contributed by atoms with Crippen LogP contribution in [0, 0.1) is 6.92 Å². The number of rotatable bonds is 6. The maximum Gasteiger partial charge on any atom is 0.260 e. The zero-order valence-electron chi connectivity index (χ0n) is 16.6. The molecular weight excluding hydrogens is 376 g/mol. The molecule has 30 heavy (non-hydrogen) atoms. The largest absolute Gasteiger partial charge is 0.507 e. The Bertz CT molecular complexity index is 1210. The van der Waals surface area contributed by atoms with E-state index in [1.807, 2.05) is 72.2 Å². The van der Waals surface area contributed by atoms with Gasteiger partial charge in [0, 0.05) is 12.0 Å². The number of nitrogens with zero attached hydrogens (tertiary/aromatic N) is 3. The van der Waals surface area contributed by atoms with Crippen LogP contribution in [0.2, 0.25) is 0 Å². The van der Waals surface area contributed by atoms with Gasteiger partial charge in [-0.15, -0.1) is 0 Å². The third kappa shape index (κ3) is 4.38. The van der Waals surface area contributed by atoms with Gasteiger partial charge in [0.2, 0.25) is 0 Å². The van der Waals surface area contributed by atoms with Gasteiger partial charge in [-0.3, -0.25) is 4.79 Å². The molecule has 6 heteroatoms. The summed E-state index contributed by atoms with van der Waals surface area (Å²) in [7, 11) is 0. The van der Waals surface area contributed by atoms with E-state index in [2.05, 4.69) is 10.5 Å². The number of nitrogens with one attached hydrogen (secondary N) is 1. The van der Waals surface area contributed by atoms with Gasteiger partial charge in [0.15, 0.2) is 0 Å². The summed E-state index contributed by atoms with van der Waals surface area (Å²) >= 11 is 0. The molecule has 0 unspecified atom stereocenters. The van der Waals surface area contributed by atoms with Gasteiger partial charge in [-0.05, 0) is 42.3 Å². The highest BCUT2D eigenvalue weighted by Gasteiger charge is 2.14. The summed E-state index contributed by atoms with van der Waals surface area (Å²) < 4.78 is 1.91. The molecule has 0 spiro atoms. The monoisotopic (exact) mass is 398 g/mol. The van der Waals surface area contributed by atoms with Crippen LogP contribution in [0.15, 0.2) is 77.9 Å². The molecule has 3 aromatic carbocycles. The summed E-state index contributed by atoms with van der Waals surface area (Å²) in [5.74, 6) is 0.673. The van der Waals surface area contributed by atoms with Crippen LogP contribution < -0.4 is 5.43 Å². The maximum atomic E-state index is 12.6. The van der Waals surface area contributed by atoms with Crippen molar-refractivity contribution in [3.05, 3.63) is 95.3 Å². The SMILES string of the molecule is Cc1ccc(C=NNC(=O)Cn2c(Cc3ccccc3)nc3ccccc32)c(O)c1. The summed E-state index contributed by atoms with van der Waals surface area (Å²) in [6.45, 7) is 1.99. The Hall–Kier alpha value is -3.93. The number of phenols is 1. The van der Waals surface area contributed by atoms with Crippen molar-refractivity contribution in [2.45, 2.75) is 19.9 Å². The molecule has 6 nitrogen and oxygen atoms in total. The number of aromatic nitrogens is 2. The number of fused-ring (bicyclic) bond motifs is 1. The summed E-state index contributed by atoms with van der Waals surface area (Å²) in [4.78, 5) is 17.3. The zero-order valence-corrected chi connectivity index (χ0v) is 16.6. The number of hydrogen-bond donors (Lipinski definition) is 2. The lowest BCUT2D eigenvalue weighted by atomic mass is 10.1. The van der Waals surface area contributed by atoms with Gasteiger partial charge in [0.1, 0.15) is 18.1 Å². The van der Waals surface area contributed by atoms with E-state index in [1.165, 1.54) is 6.21 Å². The third-order valence-electron chi connectivity index (χ3n) is 4.82. The minimum Gasteiger partial charge on any atom is -0.507 e. The third-order valence-corrected chi connectivity index (χ3v) is 4.82. The Morgan fingerprint density at radius 1 is 1.10 bits per heavy atom. The molecule has 0 bridgehead atoms. The first-order valence-electron chi connectivity index (χ1n) is 9.70. The van der Waals surface area contributed by atoms with Crippen molar-refractivity contribution in [3.8, 4) is 5.75 Å². The Kier molecular flexibility index (Phi) is 5.57. The van der Waals surface area contributed by atoms with Crippen LogP contribution in [-0.2, 0) is 17.8 Å². The summed E-state index contributed by atoms with van der Waals surface area (Å²) in [6, 6.07) is 23.1. The van der Waals surface area contributed by atoms with Crippen molar-refractivity contribution in [2.24, 2.45) is 5.10 Å². The molecule has 0 atom stereocenters. The standard InChI is InChI=1S/C24H22N4O2/c1-17-11-12-19(22(29)13-17)15-25-27-24(30)16-28-21-10-6-5-9-20(21)26-23(28)14-18-7-3-2-4-8-18/h2-13,15,29H,14,16H2,1H3,(H,27,30). The van der Waals surface area contributed by atoms with E-state index in [0.717, 1.165) is 28.0 Å². The van der Waals surface area contributed by atoms with Crippen LogP contribution in [0.25, 0.3) is 11.0 Å². The van der Waals surface area contributed by atoms with Gasteiger partial charge < -0.3 is 9.67 Å². The van der Waals surface area contributed by atoms with E-state index in [1.54, 1.807) is 12.1 Å². The van der Waals surface area contributed by atoms with Crippen molar-refractivity contribution in [3.63, 3.8) is 0 Å². The number of imidazole rings is 1. The molecular formula is C24H22N4O2. The second-order valence-electron chi connectivity index (χ2n) is 7.12. The minimum absolute atomic E-state index is 0.0971. The second-order valence-corrected chi connectivity index (χ2v) is 7.12. The predicted molar refractivity (Wildman–Crippen MR) is 118 cm³/mol. The molecule has 0 saturated heterocycles. The van der Waals surface area contributed by atoms with Crippen molar-refractivity contribution in [1.82, 2.24) is 15.0 Å². The zero-order chi connectivity index (χ0) is 20.9. The van der Waals surface area contributed by atoms with Crippen LogP contribution in [0.1, 0.15) is 22.5 Å². The topological polar surface area (TPSA) is 79.5 Å². The van der Waals surface area contributed by atoms with E-state index in [9.17, 15) is 9.90 Å². The van der Waals surface area contributed by atoms with E-state index in [0.29, 0.717) is 12.0 Å². The number of hydrazone groups is 1. The average molecular weight is 398 g/mol. The minimum atomic E-state index is -0.268. The summed E-state index contributed by atoms with van der Waals surface area (Å²) in [5, 5.41) is 13.9. The Balaban J connectivity index is 1.53. The molecule has 0 aliphatic carbocycles. The number of hydrogen-bond acceptors (Lipinski definition) is 4. The molecule has 1 aromatic heterocycles. The fraction of sp³-hybridized carbons (Fsp3) is 0.125. The molecule has 0 aliphatic rings. The van der Waals surface area contributed by atoms with E-state index in [-0.39, 0.29) is 18.2 Å². The predicted octanol–water partition coefficient (Wildman–Crippen LogP) is 3.79.